The van der Waals surface area contributed by atoms with Crippen molar-refractivity contribution in [2.45, 2.75) is 43.7 Å². The van der Waals surface area contributed by atoms with E-state index in [1.165, 1.54) is 0 Å². The summed E-state index contributed by atoms with van der Waals surface area (Å²) in [6.45, 7) is 3.74. The van der Waals surface area contributed by atoms with Gasteiger partial charge in [0.25, 0.3) is 11.8 Å². The number of anilines is 2. The summed E-state index contributed by atoms with van der Waals surface area (Å²) in [5, 5.41) is 2.96. The van der Waals surface area contributed by atoms with Crippen molar-refractivity contribution in [3.8, 4) is 0 Å². The number of amides is 2. The largest absolute Gasteiger partial charge is 0.351 e. The van der Waals surface area contributed by atoms with E-state index in [4.69, 9.17) is 0 Å². The van der Waals surface area contributed by atoms with Crippen molar-refractivity contribution in [2.24, 2.45) is 0 Å². The van der Waals surface area contributed by atoms with Crippen molar-refractivity contribution in [3.63, 3.8) is 0 Å². The number of thioether (sulfide) groups is 1. The molecule has 152 valence electrons. The first-order valence-electron chi connectivity index (χ1n) is 10.3. The maximum Gasteiger partial charge on any atom is 0.257 e. The summed E-state index contributed by atoms with van der Waals surface area (Å²) in [4.78, 5) is 31.4. The Morgan fingerprint density at radius 3 is 2.66 bits per heavy atom. The maximum atomic E-state index is 13.1. The van der Waals surface area contributed by atoms with Gasteiger partial charge < -0.3 is 15.1 Å². The quantitative estimate of drug-likeness (QED) is 0.734. The van der Waals surface area contributed by atoms with Gasteiger partial charge in [0.15, 0.2) is 0 Å². The van der Waals surface area contributed by atoms with E-state index in [-0.39, 0.29) is 18.0 Å². The van der Waals surface area contributed by atoms with Gasteiger partial charge in [0.2, 0.25) is 0 Å². The van der Waals surface area contributed by atoms with Crippen molar-refractivity contribution in [3.05, 3.63) is 53.6 Å². The van der Waals surface area contributed by atoms with E-state index in [9.17, 15) is 9.59 Å². The van der Waals surface area contributed by atoms with Gasteiger partial charge >= 0.3 is 0 Å². The Bertz CT molecular complexity index is 913. The van der Waals surface area contributed by atoms with Crippen molar-refractivity contribution in [1.82, 2.24) is 4.90 Å². The standard InChI is InChI=1S/C23H27N3O2S/c1-3-25-20-15-16(22(27)24-17-9-11-18(29-2)12-10-17)8-13-19(20)23(28)26-14-6-4-5-7-21(25)26/h8-13,15,21H,3-7,14H2,1-2H3,(H,24,27). The Hall–Kier alpha value is -2.47. The number of rotatable bonds is 4. The summed E-state index contributed by atoms with van der Waals surface area (Å²) in [5.41, 5.74) is 2.92. The van der Waals surface area contributed by atoms with Gasteiger partial charge in [-0.25, -0.2) is 0 Å². The minimum atomic E-state index is -0.156. The highest BCUT2D eigenvalue weighted by atomic mass is 32.2. The zero-order chi connectivity index (χ0) is 20.4. The summed E-state index contributed by atoms with van der Waals surface area (Å²) in [6.07, 6.45) is 6.46. The average molecular weight is 410 g/mol. The Morgan fingerprint density at radius 1 is 1.14 bits per heavy atom. The molecule has 1 N–H and O–H groups in total. The smallest absolute Gasteiger partial charge is 0.257 e. The summed E-state index contributed by atoms with van der Waals surface area (Å²) < 4.78 is 0. The number of hydrogen-bond acceptors (Lipinski definition) is 4. The van der Waals surface area contributed by atoms with Crippen LogP contribution in [0.2, 0.25) is 0 Å². The monoisotopic (exact) mass is 409 g/mol. The van der Waals surface area contributed by atoms with E-state index in [0.29, 0.717) is 11.1 Å². The molecule has 2 aromatic rings. The first-order chi connectivity index (χ1) is 14.1. The Labute approximate surface area is 176 Å². The molecule has 1 saturated heterocycles. The third kappa shape index (κ3) is 3.86. The molecular weight excluding hydrogens is 382 g/mol. The second-order valence-electron chi connectivity index (χ2n) is 7.53. The number of nitrogens with zero attached hydrogens (tertiary/aromatic N) is 2. The van der Waals surface area contributed by atoms with Crippen LogP contribution in [-0.2, 0) is 0 Å². The third-order valence-electron chi connectivity index (χ3n) is 5.83. The first kappa shape index (κ1) is 19.8. The number of fused-ring (bicyclic) bond motifs is 2. The predicted octanol–water partition coefficient (Wildman–Crippen LogP) is 4.84. The van der Waals surface area contributed by atoms with Gasteiger partial charge in [0, 0.05) is 29.2 Å². The molecule has 0 bridgehead atoms. The first-order valence-corrected chi connectivity index (χ1v) is 11.5. The lowest BCUT2D eigenvalue weighted by atomic mass is 10.0. The molecule has 2 heterocycles. The molecule has 5 nitrogen and oxygen atoms in total. The molecule has 1 fully saturated rings. The van der Waals surface area contributed by atoms with Crippen molar-refractivity contribution in [2.75, 3.05) is 29.6 Å². The average Bonchev–Trinajstić information content (AvgIpc) is 3.01. The fourth-order valence-electron chi connectivity index (χ4n) is 4.32. The highest BCUT2D eigenvalue weighted by molar-refractivity contribution is 7.98. The number of carbonyl (C=O) groups excluding carboxylic acids is 2. The minimum absolute atomic E-state index is 0.0937. The third-order valence-corrected chi connectivity index (χ3v) is 6.57. The second-order valence-corrected chi connectivity index (χ2v) is 8.41. The normalized spacial score (nSPS) is 18.7. The molecule has 29 heavy (non-hydrogen) atoms. The van der Waals surface area contributed by atoms with E-state index in [1.807, 2.05) is 47.6 Å². The van der Waals surface area contributed by atoms with Gasteiger partial charge in [0.05, 0.1) is 11.3 Å². The van der Waals surface area contributed by atoms with Crippen molar-refractivity contribution >= 4 is 35.0 Å². The molecule has 0 aliphatic carbocycles. The fourth-order valence-corrected chi connectivity index (χ4v) is 4.73. The minimum Gasteiger partial charge on any atom is -0.351 e. The van der Waals surface area contributed by atoms with Crippen LogP contribution < -0.4 is 10.2 Å². The van der Waals surface area contributed by atoms with Gasteiger partial charge in [-0.15, -0.1) is 11.8 Å². The number of carbonyl (C=O) groups is 2. The van der Waals surface area contributed by atoms with E-state index >= 15 is 0 Å². The molecule has 4 rings (SSSR count). The van der Waals surface area contributed by atoms with Crippen LogP contribution in [0.25, 0.3) is 0 Å². The zero-order valence-corrected chi connectivity index (χ0v) is 17.8. The molecular formula is C23H27N3O2S. The van der Waals surface area contributed by atoms with Crippen molar-refractivity contribution in [1.29, 1.82) is 0 Å². The second kappa shape index (κ2) is 8.49. The van der Waals surface area contributed by atoms with Crippen LogP contribution in [0.1, 0.15) is 53.3 Å². The molecule has 2 amide bonds. The van der Waals surface area contributed by atoms with Gasteiger partial charge in [0.1, 0.15) is 6.17 Å². The Morgan fingerprint density at radius 2 is 1.93 bits per heavy atom. The summed E-state index contributed by atoms with van der Waals surface area (Å²) in [6, 6.07) is 13.3. The van der Waals surface area contributed by atoms with E-state index in [0.717, 1.165) is 55.0 Å². The van der Waals surface area contributed by atoms with Gasteiger partial charge in [-0.05, 0) is 74.9 Å². The number of benzene rings is 2. The summed E-state index contributed by atoms with van der Waals surface area (Å²) in [7, 11) is 0. The molecule has 2 aliphatic heterocycles. The molecule has 0 aromatic heterocycles. The van der Waals surface area contributed by atoms with Crippen molar-refractivity contribution < 1.29 is 9.59 Å². The van der Waals surface area contributed by atoms with Crippen LogP contribution in [0, 0.1) is 0 Å². The van der Waals surface area contributed by atoms with Crippen LogP contribution in [-0.4, -0.2) is 42.2 Å². The van der Waals surface area contributed by atoms with Gasteiger partial charge in [-0.3, -0.25) is 9.59 Å². The van der Waals surface area contributed by atoms with E-state index in [2.05, 4.69) is 17.1 Å². The molecule has 0 radical (unpaired) electrons. The molecule has 0 saturated carbocycles. The molecule has 2 aliphatic rings. The summed E-state index contributed by atoms with van der Waals surface area (Å²) in [5.74, 6) is -0.0623. The SMILES string of the molecule is CCN1c2cc(C(=O)Nc3ccc(SC)cc3)ccc2C(=O)N2CCCCCC21. The highest BCUT2D eigenvalue weighted by Crippen LogP contribution is 2.35. The van der Waals surface area contributed by atoms with Crippen LogP contribution in [0.3, 0.4) is 0 Å². The Balaban J connectivity index is 1.62. The fraction of sp³-hybridized carbons (Fsp3) is 0.391. The summed E-state index contributed by atoms with van der Waals surface area (Å²) >= 11 is 1.67. The molecule has 6 heteroatoms. The van der Waals surface area contributed by atoms with Crippen LogP contribution in [0.5, 0.6) is 0 Å². The predicted molar refractivity (Wildman–Crippen MR) is 119 cm³/mol. The lowest BCUT2D eigenvalue weighted by Crippen LogP contribution is -2.55. The molecule has 2 aromatic carbocycles. The number of nitrogens with one attached hydrogen (secondary N) is 1. The Kier molecular flexibility index (Phi) is 5.81. The van der Waals surface area contributed by atoms with E-state index < -0.39 is 0 Å². The zero-order valence-electron chi connectivity index (χ0n) is 17.0. The maximum absolute atomic E-state index is 13.1. The molecule has 0 spiro atoms. The van der Waals surface area contributed by atoms with Gasteiger partial charge in [-0.1, -0.05) is 6.42 Å². The number of hydrogen-bond donors (Lipinski definition) is 1. The van der Waals surface area contributed by atoms with Crippen LogP contribution >= 0.6 is 11.8 Å². The molecule has 1 unspecified atom stereocenters. The van der Waals surface area contributed by atoms with Crippen LogP contribution in [0.15, 0.2) is 47.4 Å². The topological polar surface area (TPSA) is 52.7 Å². The molecule has 1 atom stereocenters. The van der Waals surface area contributed by atoms with Gasteiger partial charge in [-0.2, -0.15) is 0 Å². The highest BCUT2D eigenvalue weighted by Gasteiger charge is 2.37. The lowest BCUT2D eigenvalue weighted by Gasteiger charge is -2.44. The van der Waals surface area contributed by atoms with Crippen LogP contribution in [0.4, 0.5) is 11.4 Å². The van der Waals surface area contributed by atoms with E-state index in [1.54, 1.807) is 17.8 Å². The lowest BCUT2D eigenvalue weighted by molar-refractivity contribution is 0.0656.